The second-order valence-electron chi connectivity index (χ2n) is 9.66. The highest BCUT2D eigenvalue weighted by Gasteiger charge is 2.16. The van der Waals surface area contributed by atoms with Crippen LogP contribution in [-0.4, -0.2) is 48.2 Å². The van der Waals surface area contributed by atoms with Crippen LogP contribution in [-0.2, 0) is 32.2 Å². The van der Waals surface area contributed by atoms with E-state index < -0.39 is 11.9 Å². The number of carbonyl (C=O) groups is 2. The van der Waals surface area contributed by atoms with Crippen molar-refractivity contribution in [3.63, 3.8) is 0 Å². The van der Waals surface area contributed by atoms with Gasteiger partial charge >= 0.3 is 11.9 Å². The van der Waals surface area contributed by atoms with Crippen molar-refractivity contribution in [3.05, 3.63) is 91.5 Å². The zero-order chi connectivity index (χ0) is 28.5. The molecule has 0 spiro atoms. The normalized spacial score (nSPS) is 11.2. The number of H-pyrrole nitrogens is 2. The van der Waals surface area contributed by atoms with Crippen LogP contribution in [0.15, 0.2) is 58.1 Å². The lowest BCUT2D eigenvalue weighted by molar-refractivity contribution is -0.167. The highest BCUT2D eigenvalue weighted by Crippen LogP contribution is 2.16. The number of benzene rings is 2. The van der Waals surface area contributed by atoms with Gasteiger partial charge in [-0.25, -0.2) is 9.59 Å². The molecular weight excluding hydrogens is 512 g/mol. The van der Waals surface area contributed by atoms with Crippen molar-refractivity contribution in [2.75, 3.05) is 26.3 Å². The van der Waals surface area contributed by atoms with Gasteiger partial charge < -0.3 is 30.1 Å². The molecule has 0 bridgehead atoms. The van der Waals surface area contributed by atoms with E-state index in [-0.39, 0.29) is 24.3 Å². The molecule has 2 heterocycles. The minimum atomic E-state index is -1.03. The summed E-state index contributed by atoms with van der Waals surface area (Å²) in [6.45, 7) is 5.74. The van der Waals surface area contributed by atoms with Crippen LogP contribution in [0.2, 0.25) is 0 Å². The smallest absolute Gasteiger partial charge is 0.417 e. The zero-order valence-corrected chi connectivity index (χ0v) is 22.7. The quantitative estimate of drug-likeness (QED) is 0.121. The molecule has 0 atom stereocenters. The fourth-order valence-corrected chi connectivity index (χ4v) is 4.41. The molecule has 4 rings (SSSR count). The third-order valence-corrected chi connectivity index (χ3v) is 6.59. The van der Waals surface area contributed by atoms with Crippen LogP contribution >= 0.6 is 0 Å². The van der Waals surface area contributed by atoms with Crippen LogP contribution in [0.1, 0.15) is 35.1 Å². The average Bonchev–Trinajstić information content (AvgIpc) is 2.93. The van der Waals surface area contributed by atoms with Gasteiger partial charge in [0.2, 0.25) is 0 Å². The van der Waals surface area contributed by atoms with Gasteiger partial charge in [0.25, 0.3) is 11.1 Å². The Balaban J connectivity index is 1.07. The van der Waals surface area contributed by atoms with E-state index in [2.05, 4.69) is 20.6 Å². The monoisotopic (exact) mass is 546 g/mol. The number of aromatic amines is 2. The fourth-order valence-electron chi connectivity index (χ4n) is 4.41. The van der Waals surface area contributed by atoms with Crippen molar-refractivity contribution < 1.29 is 19.1 Å². The minimum Gasteiger partial charge on any atom is -0.457 e. The molecule has 0 amide bonds. The molecule has 40 heavy (non-hydrogen) atoms. The molecule has 0 aliphatic carbocycles. The average molecular weight is 547 g/mol. The lowest BCUT2D eigenvalue weighted by Crippen LogP contribution is -2.25. The summed E-state index contributed by atoms with van der Waals surface area (Å²) in [6, 6.07) is 15.4. The second kappa shape index (κ2) is 13.7. The van der Waals surface area contributed by atoms with Crippen molar-refractivity contribution in [1.29, 1.82) is 0 Å². The first-order valence-corrected chi connectivity index (χ1v) is 13.3. The summed E-state index contributed by atoms with van der Waals surface area (Å²) in [6.07, 6.45) is 0.946. The SMILES string of the molecule is Cc1cccc2cc(CNCCCOC(=O)C(=O)OCCCNCc3cc4cccc(C)c4[nH]c3=O)c(=O)[nH]c12. The standard InChI is InChI=1S/C30H34N4O6/c1-19-7-3-9-21-15-23(27(35)33-25(19)21)17-31-11-5-13-39-29(37)30(38)40-14-6-12-32-18-24-16-22-10-4-8-20(2)26(22)34-28(24)36/h3-4,7-10,15-16,31-32H,5-6,11-14,17-18H2,1-2H3,(H,33,35)(H,34,36). The number of aryl methyl sites for hydroxylation is 2. The summed E-state index contributed by atoms with van der Waals surface area (Å²) in [5.41, 5.74) is 4.64. The van der Waals surface area contributed by atoms with Crippen LogP contribution in [0.25, 0.3) is 21.8 Å². The Kier molecular flexibility index (Phi) is 9.82. The lowest BCUT2D eigenvalue weighted by atomic mass is 10.1. The number of pyridine rings is 2. The first kappa shape index (κ1) is 28.7. The van der Waals surface area contributed by atoms with Gasteiger partial charge in [0.15, 0.2) is 0 Å². The molecule has 2 aromatic heterocycles. The number of fused-ring (bicyclic) bond motifs is 2. The number of carbonyl (C=O) groups excluding carboxylic acids is 2. The predicted octanol–water partition coefficient (Wildman–Crippen LogP) is 2.73. The summed E-state index contributed by atoms with van der Waals surface area (Å²) in [5.74, 6) is -2.07. The van der Waals surface area contributed by atoms with Crippen molar-refractivity contribution >= 4 is 33.7 Å². The highest BCUT2D eigenvalue weighted by atomic mass is 16.6. The maximum absolute atomic E-state index is 12.3. The maximum Gasteiger partial charge on any atom is 0.417 e. The zero-order valence-electron chi connectivity index (χ0n) is 22.7. The lowest BCUT2D eigenvalue weighted by Gasteiger charge is -2.08. The van der Waals surface area contributed by atoms with Gasteiger partial charge in [-0.1, -0.05) is 36.4 Å². The Hall–Kier alpha value is -4.28. The largest absolute Gasteiger partial charge is 0.457 e. The molecule has 0 saturated carbocycles. The molecule has 10 nitrogen and oxygen atoms in total. The molecule has 4 aromatic rings. The fraction of sp³-hybridized carbons (Fsp3) is 0.333. The van der Waals surface area contributed by atoms with E-state index in [4.69, 9.17) is 9.47 Å². The molecular formula is C30H34N4O6. The molecule has 210 valence electrons. The first-order chi connectivity index (χ1) is 19.3. The number of para-hydroxylation sites is 2. The number of esters is 2. The molecule has 4 N–H and O–H groups in total. The van der Waals surface area contributed by atoms with Gasteiger partial charge in [0, 0.05) is 24.2 Å². The number of nitrogens with one attached hydrogen (secondary N) is 4. The molecule has 0 unspecified atom stereocenters. The van der Waals surface area contributed by atoms with Gasteiger partial charge in [-0.3, -0.25) is 9.59 Å². The number of aromatic nitrogens is 2. The van der Waals surface area contributed by atoms with Crippen molar-refractivity contribution in [3.8, 4) is 0 Å². The van der Waals surface area contributed by atoms with Gasteiger partial charge in [-0.2, -0.15) is 0 Å². The summed E-state index contributed by atoms with van der Waals surface area (Å²) in [4.78, 5) is 54.2. The van der Waals surface area contributed by atoms with Crippen molar-refractivity contribution in [2.24, 2.45) is 0 Å². The molecule has 0 saturated heterocycles. The second-order valence-corrected chi connectivity index (χ2v) is 9.66. The molecule has 0 radical (unpaired) electrons. The third-order valence-electron chi connectivity index (χ3n) is 6.59. The first-order valence-electron chi connectivity index (χ1n) is 13.3. The molecule has 0 fully saturated rings. The summed E-state index contributed by atoms with van der Waals surface area (Å²) in [5, 5.41) is 8.23. The van der Waals surface area contributed by atoms with Crippen LogP contribution in [0.3, 0.4) is 0 Å². The Morgan fingerprint density at radius 1 is 0.700 bits per heavy atom. The highest BCUT2D eigenvalue weighted by molar-refractivity contribution is 6.29. The molecule has 10 heteroatoms. The number of rotatable bonds is 12. The van der Waals surface area contributed by atoms with E-state index in [1.807, 2.05) is 62.4 Å². The van der Waals surface area contributed by atoms with Crippen LogP contribution < -0.4 is 21.8 Å². The number of ether oxygens (including phenoxy) is 2. The van der Waals surface area contributed by atoms with E-state index in [9.17, 15) is 19.2 Å². The van der Waals surface area contributed by atoms with Crippen LogP contribution in [0.5, 0.6) is 0 Å². The topological polar surface area (TPSA) is 142 Å². The summed E-state index contributed by atoms with van der Waals surface area (Å²) >= 11 is 0. The number of hydrogen-bond acceptors (Lipinski definition) is 8. The summed E-state index contributed by atoms with van der Waals surface area (Å²) in [7, 11) is 0. The van der Waals surface area contributed by atoms with Crippen LogP contribution in [0.4, 0.5) is 0 Å². The Morgan fingerprint density at radius 3 is 1.55 bits per heavy atom. The molecule has 0 aliphatic rings. The third kappa shape index (κ3) is 7.43. The van der Waals surface area contributed by atoms with Gasteiger partial charge in [-0.05, 0) is 73.8 Å². The predicted molar refractivity (Wildman–Crippen MR) is 153 cm³/mol. The van der Waals surface area contributed by atoms with E-state index in [1.54, 1.807) is 0 Å². The van der Waals surface area contributed by atoms with Crippen LogP contribution in [0, 0.1) is 13.8 Å². The maximum atomic E-state index is 12.3. The molecule has 0 aliphatic heterocycles. The Morgan fingerprint density at radius 2 is 1.12 bits per heavy atom. The van der Waals surface area contributed by atoms with E-state index in [1.165, 1.54) is 0 Å². The van der Waals surface area contributed by atoms with Gasteiger partial charge in [-0.15, -0.1) is 0 Å². The van der Waals surface area contributed by atoms with Gasteiger partial charge in [0.05, 0.1) is 24.2 Å². The van der Waals surface area contributed by atoms with Gasteiger partial charge in [0.1, 0.15) is 0 Å². The number of hydrogen-bond donors (Lipinski definition) is 4. The summed E-state index contributed by atoms with van der Waals surface area (Å²) < 4.78 is 9.94. The Bertz CT molecular complexity index is 1500. The van der Waals surface area contributed by atoms with E-state index in [0.717, 1.165) is 32.9 Å². The minimum absolute atomic E-state index is 0.0512. The Labute approximate surface area is 231 Å². The van der Waals surface area contributed by atoms with E-state index >= 15 is 0 Å². The van der Waals surface area contributed by atoms with Crippen molar-refractivity contribution in [1.82, 2.24) is 20.6 Å². The van der Waals surface area contributed by atoms with E-state index in [0.29, 0.717) is 50.1 Å². The van der Waals surface area contributed by atoms with Crippen molar-refractivity contribution in [2.45, 2.75) is 39.8 Å². The molecule has 2 aromatic carbocycles.